The van der Waals surface area contributed by atoms with Crippen LogP contribution in [0.5, 0.6) is 5.75 Å². The molecule has 1 N–H and O–H groups in total. The van der Waals surface area contributed by atoms with Crippen molar-refractivity contribution in [3.05, 3.63) is 29.8 Å². The lowest BCUT2D eigenvalue weighted by Gasteiger charge is -2.15. The highest BCUT2D eigenvalue weighted by Crippen LogP contribution is 2.27. The second-order valence-corrected chi connectivity index (χ2v) is 4.85. The van der Waals surface area contributed by atoms with Crippen LogP contribution in [0.2, 0.25) is 0 Å². The van der Waals surface area contributed by atoms with E-state index in [1.807, 2.05) is 31.2 Å². The van der Waals surface area contributed by atoms with Crippen LogP contribution in [0.4, 0.5) is 0 Å². The average molecular weight is 236 g/mol. The second-order valence-electron chi connectivity index (χ2n) is 4.85. The van der Waals surface area contributed by atoms with Crippen LogP contribution in [0.15, 0.2) is 24.3 Å². The van der Waals surface area contributed by atoms with E-state index >= 15 is 0 Å². The first-order valence-corrected chi connectivity index (χ1v) is 6.55. The lowest BCUT2D eigenvalue weighted by molar-refractivity contribution is 0.166. The van der Waals surface area contributed by atoms with Crippen molar-refractivity contribution in [3.8, 4) is 5.75 Å². The van der Waals surface area contributed by atoms with Gasteiger partial charge in [0.25, 0.3) is 0 Å². The zero-order chi connectivity index (χ0) is 12.7. The first-order valence-electron chi connectivity index (χ1n) is 6.55. The minimum absolute atomic E-state index is 0.420. The Morgan fingerprint density at radius 1 is 1.24 bits per heavy atom. The van der Waals surface area contributed by atoms with Crippen LogP contribution >= 0.6 is 0 Å². The summed E-state index contributed by atoms with van der Waals surface area (Å²) in [6.07, 6.45) is 2.54. The van der Waals surface area contributed by atoms with Gasteiger partial charge in [0.05, 0.1) is 12.7 Å². The number of para-hydroxylation sites is 1. The SMILES string of the molecule is CC[C@@H](O)c1ccccc1OCCCC(C)C. The van der Waals surface area contributed by atoms with Gasteiger partial charge >= 0.3 is 0 Å². The lowest BCUT2D eigenvalue weighted by Crippen LogP contribution is -2.04. The molecule has 0 saturated heterocycles. The van der Waals surface area contributed by atoms with Crippen molar-refractivity contribution in [2.45, 2.75) is 46.1 Å². The van der Waals surface area contributed by atoms with Gasteiger partial charge in [-0.05, 0) is 31.2 Å². The fraction of sp³-hybridized carbons (Fsp3) is 0.600. The maximum absolute atomic E-state index is 9.87. The predicted molar refractivity (Wildman–Crippen MR) is 71.3 cm³/mol. The molecular formula is C15H24O2. The Morgan fingerprint density at radius 3 is 2.59 bits per heavy atom. The summed E-state index contributed by atoms with van der Waals surface area (Å²) in [6, 6.07) is 7.76. The number of hydrogen-bond donors (Lipinski definition) is 1. The number of hydrogen-bond acceptors (Lipinski definition) is 2. The molecule has 17 heavy (non-hydrogen) atoms. The molecule has 0 aliphatic rings. The molecule has 1 atom stereocenters. The Bertz CT molecular complexity index is 320. The van der Waals surface area contributed by atoms with Crippen molar-refractivity contribution in [3.63, 3.8) is 0 Å². The minimum Gasteiger partial charge on any atom is -0.493 e. The molecule has 1 aromatic rings. The average Bonchev–Trinajstić information content (AvgIpc) is 2.34. The molecule has 0 heterocycles. The fourth-order valence-corrected chi connectivity index (χ4v) is 1.78. The van der Waals surface area contributed by atoms with Gasteiger partial charge in [0.15, 0.2) is 0 Å². The number of aliphatic hydroxyl groups is 1. The summed E-state index contributed by atoms with van der Waals surface area (Å²) in [5.41, 5.74) is 0.902. The van der Waals surface area contributed by atoms with Gasteiger partial charge in [0, 0.05) is 5.56 Å². The van der Waals surface area contributed by atoms with E-state index in [2.05, 4.69) is 13.8 Å². The van der Waals surface area contributed by atoms with E-state index < -0.39 is 6.10 Å². The number of ether oxygens (including phenoxy) is 1. The molecule has 0 spiro atoms. The van der Waals surface area contributed by atoms with Crippen molar-refractivity contribution in [2.24, 2.45) is 5.92 Å². The van der Waals surface area contributed by atoms with E-state index in [0.717, 1.165) is 30.3 Å². The van der Waals surface area contributed by atoms with Crippen LogP contribution in [0, 0.1) is 5.92 Å². The molecule has 2 heteroatoms. The predicted octanol–water partition coefficient (Wildman–Crippen LogP) is 3.95. The summed E-state index contributed by atoms with van der Waals surface area (Å²) >= 11 is 0. The quantitative estimate of drug-likeness (QED) is 0.726. The standard InChI is InChI=1S/C15H24O2/c1-4-14(16)13-9-5-6-10-15(13)17-11-7-8-12(2)3/h5-6,9-10,12,14,16H,4,7-8,11H2,1-3H3/t14-/m1/s1. The van der Waals surface area contributed by atoms with Gasteiger partial charge in [-0.25, -0.2) is 0 Å². The number of aliphatic hydroxyl groups excluding tert-OH is 1. The monoisotopic (exact) mass is 236 g/mol. The summed E-state index contributed by atoms with van der Waals surface area (Å²) in [7, 11) is 0. The van der Waals surface area contributed by atoms with E-state index in [0.29, 0.717) is 6.42 Å². The lowest BCUT2D eigenvalue weighted by atomic mass is 10.1. The molecule has 0 aromatic heterocycles. The molecule has 0 aliphatic heterocycles. The van der Waals surface area contributed by atoms with Crippen molar-refractivity contribution >= 4 is 0 Å². The van der Waals surface area contributed by atoms with Crippen LogP contribution in [0.1, 0.15) is 51.7 Å². The second kappa shape index (κ2) is 7.33. The van der Waals surface area contributed by atoms with Gasteiger partial charge in [-0.2, -0.15) is 0 Å². The first kappa shape index (κ1) is 14.0. The van der Waals surface area contributed by atoms with Gasteiger partial charge in [-0.15, -0.1) is 0 Å². The van der Waals surface area contributed by atoms with Crippen LogP contribution in [-0.2, 0) is 0 Å². The van der Waals surface area contributed by atoms with Crippen molar-refractivity contribution in [1.82, 2.24) is 0 Å². The molecule has 0 bridgehead atoms. The van der Waals surface area contributed by atoms with Crippen molar-refractivity contribution in [1.29, 1.82) is 0 Å². The highest BCUT2D eigenvalue weighted by molar-refractivity contribution is 5.34. The zero-order valence-electron chi connectivity index (χ0n) is 11.1. The van der Waals surface area contributed by atoms with E-state index in [1.165, 1.54) is 6.42 Å². The third-order valence-electron chi connectivity index (χ3n) is 2.85. The van der Waals surface area contributed by atoms with Crippen LogP contribution in [0.25, 0.3) is 0 Å². The highest BCUT2D eigenvalue weighted by Gasteiger charge is 2.10. The van der Waals surface area contributed by atoms with E-state index in [-0.39, 0.29) is 0 Å². The van der Waals surface area contributed by atoms with Gasteiger partial charge < -0.3 is 9.84 Å². The minimum atomic E-state index is -0.420. The van der Waals surface area contributed by atoms with Crippen LogP contribution in [-0.4, -0.2) is 11.7 Å². The molecule has 1 rings (SSSR count). The Balaban J connectivity index is 2.52. The third kappa shape index (κ3) is 4.78. The van der Waals surface area contributed by atoms with Gasteiger partial charge in [0.1, 0.15) is 5.75 Å². The van der Waals surface area contributed by atoms with Gasteiger partial charge in [-0.3, -0.25) is 0 Å². The largest absolute Gasteiger partial charge is 0.493 e. The maximum Gasteiger partial charge on any atom is 0.125 e. The van der Waals surface area contributed by atoms with E-state index in [4.69, 9.17) is 4.74 Å². The first-order chi connectivity index (χ1) is 8.15. The summed E-state index contributed by atoms with van der Waals surface area (Å²) < 4.78 is 5.75. The number of rotatable bonds is 7. The summed E-state index contributed by atoms with van der Waals surface area (Å²) in [5, 5.41) is 9.87. The summed E-state index contributed by atoms with van der Waals surface area (Å²) in [5.74, 6) is 1.54. The Labute approximate surface area is 105 Å². The van der Waals surface area contributed by atoms with Gasteiger partial charge in [-0.1, -0.05) is 39.0 Å². The molecule has 0 unspecified atom stereocenters. The third-order valence-corrected chi connectivity index (χ3v) is 2.85. The van der Waals surface area contributed by atoms with Crippen LogP contribution < -0.4 is 4.74 Å². The molecule has 0 radical (unpaired) electrons. The molecular weight excluding hydrogens is 212 g/mol. The highest BCUT2D eigenvalue weighted by atomic mass is 16.5. The van der Waals surface area contributed by atoms with Crippen LogP contribution in [0.3, 0.4) is 0 Å². The van der Waals surface area contributed by atoms with Crippen molar-refractivity contribution < 1.29 is 9.84 Å². The van der Waals surface area contributed by atoms with E-state index in [9.17, 15) is 5.11 Å². The normalized spacial score (nSPS) is 12.8. The molecule has 1 aromatic carbocycles. The summed E-state index contributed by atoms with van der Waals surface area (Å²) in [6.45, 7) is 7.13. The van der Waals surface area contributed by atoms with Crippen molar-refractivity contribution in [2.75, 3.05) is 6.61 Å². The summed E-state index contributed by atoms with van der Waals surface area (Å²) in [4.78, 5) is 0. The van der Waals surface area contributed by atoms with E-state index in [1.54, 1.807) is 0 Å². The Kier molecular flexibility index (Phi) is 6.06. The van der Waals surface area contributed by atoms with Gasteiger partial charge in [0.2, 0.25) is 0 Å². The molecule has 0 fully saturated rings. The molecule has 0 saturated carbocycles. The molecule has 0 aliphatic carbocycles. The smallest absolute Gasteiger partial charge is 0.125 e. The topological polar surface area (TPSA) is 29.5 Å². The molecule has 0 amide bonds. The maximum atomic E-state index is 9.87. The number of benzene rings is 1. The zero-order valence-corrected chi connectivity index (χ0v) is 11.1. The Morgan fingerprint density at radius 2 is 1.94 bits per heavy atom. The fourth-order valence-electron chi connectivity index (χ4n) is 1.78. The Hall–Kier alpha value is -1.02. The molecule has 96 valence electrons. The molecule has 2 nitrogen and oxygen atoms in total.